The molecule has 0 spiro atoms. The lowest BCUT2D eigenvalue weighted by molar-refractivity contribution is -0.121. The minimum Gasteiger partial charge on any atom is -0.467 e. The highest BCUT2D eigenvalue weighted by molar-refractivity contribution is 5.75. The fourth-order valence-electron chi connectivity index (χ4n) is 3.34. The summed E-state index contributed by atoms with van der Waals surface area (Å²) in [4.78, 5) is 11.7. The molecule has 0 radical (unpaired) electrons. The highest BCUT2D eigenvalue weighted by atomic mass is 16.3. The van der Waals surface area contributed by atoms with Crippen molar-refractivity contribution >= 4 is 5.91 Å². The van der Waals surface area contributed by atoms with Crippen LogP contribution in [-0.2, 0) is 11.3 Å². The molecule has 0 aliphatic carbocycles. The Balaban J connectivity index is 1.73. The maximum Gasteiger partial charge on any atom is 0.220 e. The molecular formula is C23H41NO2. The number of amides is 1. The van der Waals surface area contributed by atoms with E-state index >= 15 is 0 Å². The van der Waals surface area contributed by atoms with Gasteiger partial charge in [-0.3, -0.25) is 4.79 Å². The van der Waals surface area contributed by atoms with Gasteiger partial charge in [-0.05, 0) is 18.6 Å². The predicted molar refractivity (Wildman–Crippen MR) is 110 cm³/mol. The third-order valence-electron chi connectivity index (χ3n) is 5.05. The van der Waals surface area contributed by atoms with Crippen molar-refractivity contribution in [3.05, 3.63) is 24.2 Å². The quantitative estimate of drug-likeness (QED) is 0.281. The van der Waals surface area contributed by atoms with Gasteiger partial charge < -0.3 is 9.73 Å². The molecular weight excluding hydrogens is 322 g/mol. The Hall–Kier alpha value is -1.25. The van der Waals surface area contributed by atoms with Gasteiger partial charge in [0.05, 0.1) is 12.8 Å². The van der Waals surface area contributed by atoms with Gasteiger partial charge in [0.25, 0.3) is 0 Å². The molecule has 0 fully saturated rings. The molecule has 1 aromatic heterocycles. The molecule has 3 nitrogen and oxygen atoms in total. The average molecular weight is 364 g/mol. The van der Waals surface area contributed by atoms with Crippen LogP contribution in [0.3, 0.4) is 0 Å². The summed E-state index contributed by atoms with van der Waals surface area (Å²) >= 11 is 0. The van der Waals surface area contributed by atoms with Crippen molar-refractivity contribution in [1.29, 1.82) is 0 Å². The Bertz CT molecular complexity index is 414. The summed E-state index contributed by atoms with van der Waals surface area (Å²) in [7, 11) is 0. The average Bonchev–Trinajstić information content (AvgIpc) is 3.17. The van der Waals surface area contributed by atoms with E-state index in [9.17, 15) is 4.79 Å². The van der Waals surface area contributed by atoms with Gasteiger partial charge in [-0.25, -0.2) is 0 Å². The lowest BCUT2D eigenvalue weighted by Gasteiger charge is -2.04. The van der Waals surface area contributed by atoms with Crippen LogP contribution >= 0.6 is 0 Å². The zero-order chi connectivity index (χ0) is 18.7. The van der Waals surface area contributed by atoms with Crippen LogP contribution in [0, 0.1) is 0 Å². The number of carbonyl (C=O) groups is 1. The van der Waals surface area contributed by atoms with E-state index in [-0.39, 0.29) is 5.91 Å². The minimum absolute atomic E-state index is 0.135. The Morgan fingerprint density at radius 1 is 0.808 bits per heavy atom. The van der Waals surface area contributed by atoms with Crippen molar-refractivity contribution < 1.29 is 9.21 Å². The second-order valence-electron chi connectivity index (χ2n) is 7.56. The molecule has 0 atom stereocenters. The van der Waals surface area contributed by atoms with E-state index < -0.39 is 0 Å². The van der Waals surface area contributed by atoms with Crippen LogP contribution in [0.25, 0.3) is 0 Å². The van der Waals surface area contributed by atoms with Crippen molar-refractivity contribution in [2.24, 2.45) is 0 Å². The van der Waals surface area contributed by atoms with Gasteiger partial charge in [-0.15, -0.1) is 0 Å². The number of unbranched alkanes of at least 4 members (excludes halogenated alkanes) is 14. The van der Waals surface area contributed by atoms with Crippen LogP contribution in [0.5, 0.6) is 0 Å². The lowest BCUT2D eigenvalue weighted by Crippen LogP contribution is -2.21. The summed E-state index contributed by atoms with van der Waals surface area (Å²) in [5.41, 5.74) is 0. The van der Waals surface area contributed by atoms with Crippen molar-refractivity contribution in [3.63, 3.8) is 0 Å². The molecule has 0 aliphatic rings. The van der Waals surface area contributed by atoms with Crippen LogP contribution in [0.1, 0.15) is 115 Å². The molecule has 0 aliphatic heterocycles. The molecule has 0 saturated heterocycles. The van der Waals surface area contributed by atoms with Crippen molar-refractivity contribution in [2.75, 3.05) is 0 Å². The van der Waals surface area contributed by atoms with Crippen molar-refractivity contribution in [3.8, 4) is 0 Å². The van der Waals surface area contributed by atoms with E-state index in [0.29, 0.717) is 13.0 Å². The van der Waals surface area contributed by atoms with Gasteiger partial charge in [0.15, 0.2) is 0 Å². The number of rotatable bonds is 18. The van der Waals surface area contributed by atoms with Gasteiger partial charge in [-0.1, -0.05) is 96.8 Å². The monoisotopic (exact) mass is 363 g/mol. The van der Waals surface area contributed by atoms with Gasteiger partial charge in [0, 0.05) is 6.42 Å². The summed E-state index contributed by atoms with van der Waals surface area (Å²) in [5, 5.41) is 2.90. The number of carbonyl (C=O) groups excluding carboxylic acids is 1. The second-order valence-corrected chi connectivity index (χ2v) is 7.56. The van der Waals surface area contributed by atoms with Crippen LogP contribution in [0.4, 0.5) is 0 Å². The zero-order valence-electron chi connectivity index (χ0n) is 17.1. The van der Waals surface area contributed by atoms with E-state index in [1.807, 2.05) is 12.1 Å². The van der Waals surface area contributed by atoms with Crippen LogP contribution in [0.2, 0.25) is 0 Å². The highest BCUT2D eigenvalue weighted by Gasteiger charge is 2.02. The molecule has 1 aromatic rings. The van der Waals surface area contributed by atoms with Gasteiger partial charge in [-0.2, -0.15) is 0 Å². The summed E-state index contributed by atoms with van der Waals surface area (Å²) in [6.45, 7) is 2.78. The smallest absolute Gasteiger partial charge is 0.220 e. The zero-order valence-corrected chi connectivity index (χ0v) is 17.1. The van der Waals surface area contributed by atoms with Gasteiger partial charge >= 0.3 is 0 Å². The fraction of sp³-hybridized carbons (Fsp3) is 0.783. The Morgan fingerprint density at radius 2 is 1.31 bits per heavy atom. The maximum absolute atomic E-state index is 11.7. The molecule has 150 valence electrons. The molecule has 1 N–H and O–H groups in total. The summed E-state index contributed by atoms with van der Waals surface area (Å²) in [6.07, 6.45) is 22.6. The molecule has 3 heteroatoms. The van der Waals surface area contributed by atoms with Crippen molar-refractivity contribution in [1.82, 2.24) is 5.32 Å². The first kappa shape index (κ1) is 22.8. The van der Waals surface area contributed by atoms with Crippen LogP contribution in [0.15, 0.2) is 22.8 Å². The maximum atomic E-state index is 11.7. The number of hydrogen-bond donors (Lipinski definition) is 1. The second kappa shape index (κ2) is 17.2. The minimum atomic E-state index is 0.135. The van der Waals surface area contributed by atoms with E-state index in [1.165, 1.54) is 89.9 Å². The molecule has 0 saturated carbocycles. The predicted octanol–water partition coefficient (Wildman–Crippen LogP) is 7.16. The molecule has 0 aromatic carbocycles. The summed E-state index contributed by atoms with van der Waals surface area (Å²) in [5.74, 6) is 0.950. The SMILES string of the molecule is CCCCCCCCCCCCCCCCCC(=O)NCc1ccco1. The van der Waals surface area contributed by atoms with Crippen molar-refractivity contribution in [2.45, 2.75) is 116 Å². The summed E-state index contributed by atoms with van der Waals surface area (Å²) in [6, 6.07) is 3.73. The topological polar surface area (TPSA) is 42.2 Å². The molecule has 1 heterocycles. The Morgan fingerprint density at radius 3 is 1.77 bits per heavy atom. The largest absolute Gasteiger partial charge is 0.467 e. The van der Waals surface area contributed by atoms with Crippen LogP contribution < -0.4 is 5.32 Å². The molecule has 1 rings (SSSR count). The Kier molecular flexibility index (Phi) is 15.1. The molecule has 26 heavy (non-hydrogen) atoms. The van der Waals surface area contributed by atoms with Gasteiger partial charge in [0.1, 0.15) is 5.76 Å². The first-order valence-corrected chi connectivity index (χ1v) is 11.1. The van der Waals surface area contributed by atoms with Gasteiger partial charge in [0.2, 0.25) is 5.91 Å². The number of hydrogen-bond acceptors (Lipinski definition) is 2. The number of nitrogens with one attached hydrogen (secondary N) is 1. The lowest BCUT2D eigenvalue weighted by atomic mass is 10.0. The summed E-state index contributed by atoms with van der Waals surface area (Å²) < 4.78 is 5.20. The molecule has 0 unspecified atom stereocenters. The van der Waals surface area contributed by atoms with E-state index in [4.69, 9.17) is 4.42 Å². The first-order chi connectivity index (χ1) is 12.8. The Labute approximate surface area is 161 Å². The van der Waals surface area contributed by atoms with E-state index in [0.717, 1.165) is 12.2 Å². The third kappa shape index (κ3) is 14.0. The van der Waals surface area contributed by atoms with Crippen LogP contribution in [-0.4, -0.2) is 5.91 Å². The highest BCUT2D eigenvalue weighted by Crippen LogP contribution is 2.13. The normalized spacial score (nSPS) is 11.0. The standard InChI is InChI=1S/C23H41NO2/c1-2-3-4-5-6-7-8-9-10-11-12-13-14-15-16-19-23(25)24-21-22-18-17-20-26-22/h17-18,20H,2-16,19,21H2,1H3,(H,24,25). The van der Waals surface area contributed by atoms with E-state index in [1.54, 1.807) is 6.26 Å². The fourth-order valence-corrected chi connectivity index (χ4v) is 3.34. The first-order valence-electron chi connectivity index (χ1n) is 11.1. The molecule has 0 bridgehead atoms. The molecule has 1 amide bonds. The number of furan rings is 1. The van der Waals surface area contributed by atoms with E-state index in [2.05, 4.69) is 12.2 Å². The third-order valence-corrected chi connectivity index (χ3v) is 5.05.